The van der Waals surface area contributed by atoms with E-state index in [4.69, 9.17) is 4.74 Å². The molecule has 1 saturated carbocycles. The number of rotatable bonds is 6. The summed E-state index contributed by atoms with van der Waals surface area (Å²) in [5, 5.41) is 10.9. The third kappa shape index (κ3) is 3.08. The maximum atomic E-state index is 13.0. The molecule has 140 valence electrons. The molecule has 0 aromatic rings. The predicted molar refractivity (Wildman–Crippen MR) is 105 cm³/mol. The summed E-state index contributed by atoms with van der Waals surface area (Å²) in [6.07, 6.45) is 7.38. The SMILES string of the molecule is C=C=C(Br)C=NC(=C)C(O)C1=C2C=CC=CN2C(=O)C2(C(=O)OCC)CC12. The minimum Gasteiger partial charge on any atom is -0.465 e. The van der Waals surface area contributed by atoms with Gasteiger partial charge in [0.05, 0.1) is 22.5 Å². The van der Waals surface area contributed by atoms with Crippen molar-refractivity contribution in [1.29, 1.82) is 0 Å². The lowest BCUT2D eigenvalue weighted by molar-refractivity contribution is -0.157. The van der Waals surface area contributed by atoms with Crippen LogP contribution in [0.15, 0.2) is 69.8 Å². The molecule has 3 unspecified atom stereocenters. The van der Waals surface area contributed by atoms with E-state index in [1.54, 1.807) is 31.4 Å². The lowest BCUT2D eigenvalue weighted by Crippen LogP contribution is -2.45. The average Bonchev–Trinajstić information content (AvgIpc) is 3.43. The van der Waals surface area contributed by atoms with Gasteiger partial charge in [-0.25, -0.2) is 0 Å². The molecule has 1 amide bonds. The molecule has 2 heterocycles. The minimum absolute atomic E-state index is 0.184. The largest absolute Gasteiger partial charge is 0.465 e. The summed E-state index contributed by atoms with van der Waals surface area (Å²) in [5.41, 5.74) is 2.61. The lowest BCUT2D eigenvalue weighted by atomic mass is 9.87. The highest BCUT2D eigenvalue weighted by Crippen LogP contribution is 2.63. The number of nitrogens with zero attached hydrogens (tertiary/aromatic N) is 2. The molecule has 1 fully saturated rings. The molecular formula is C20H19BrN2O4. The van der Waals surface area contributed by atoms with Crippen LogP contribution in [-0.2, 0) is 14.3 Å². The van der Waals surface area contributed by atoms with E-state index in [0.717, 1.165) is 0 Å². The first kappa shape index (κ1) is 19.3. The fraction of sp³-hybridized carbons (Fsp3) is 0.300. The van der Waals surface area contributed by atoms with E-state index in [2.05, 4.69) is 39.8 Å². The van der Waals surface area contributed by atoms with E-state index in [9.17, 15) is 14.7 Å². The standard InChI is InChI=1S/C20H19BrN2O4/c1-4-13(21)11-22-12(3)17(24)16-14-10-20(14,19(26)27-5-2)18(25)23-9-7-6-8-15(16)23/h6-9,11,14,17,24H,1,3,5,10H2,2H3. The van der Waals surface area contributed by atoms with Gasteiger partial charge in [-0.15, -0.1) is 5.73 Å². The molecule has 7 heteroatoms. The second kappa shape index (κ2) is 7.27. The Labute approximate surface area is 165 Å². The van der Waals surface area contributed by atoms with E-state index in [0.29, 0.717) is 22.2 Å². The van der Waals surface area contributed by atoms with E-state index < -0.39 is 23.4 Å². The smallest absolute Gasteiger partial charge is 0.322 e. The molecule has 3 rings (SSSR count). The number of carbonyl (C=O) groups excluding carboxylic acids is 2. The van der Waals surface area contributed by atoms with E-state index in [1.807, 2.05) is 0 Å². The van der Waals surface area contributed by atoms with Gasteiger partial charge >= 0.3 is 5.97 Å². The van der Waals surface area contributed by atoms with Crippen LogP contribution < -0.4 is 0 Å². The van der Waals surface area contributed by atoms with Crippen molar-refractivity contribution >= 4 is 34.0 Å². The van der Waals surface area contributed by atoms with Crippen molar-refractivity contribution in [3.05, 3.63) is 64.8 Å². The molecule has 0 aromatic heterocycles. The van der Waals surface area contributed by atoms with Crippen molar-refractivity contribution < 1.29 is 19.4 Å². The fourth-order valence-corrected chi connectivity index (χ4v) is 3.56. The molecule has 0 radical (unpaired) electrons. The summed E-state index contributed by atoms with van der Waals surface area (Å²) in [6, 6.07) is 0. The lowest BCUT2D eigenvalue weighted by Gasteiger charge is -2.34. The summed E-state index contributed by atoms with van der Waals surface area (Å²) in [5.74, 6) is -1.33. The van der Waals surface area contributed by atoms with Crippen molar-refractivity contribution in [2.45, 2.75) is 19.4 Å². The quantitative estimate of drug-likeness (QED) is 0.304. The van der Waals surface area contributed by atoms with Crippen LogP contribution in [0.4, 0.5) is 0 Å². The summed E-state index contributed by atoms with van der Waals surface area (Å²) < 4.78 is 5.66. The summed E-state index contributed by atoms with van der Waals surface area (Å²) in [7, 11) is 0. The topological polar surface area (TPSA) is 79.2 Å². The number of halogens is 1. The van der Waals surface area contributed by atoms with Gasteiger partial charge in [-0.3, -0.25) is 19.5 Å². The van der Waals surface area contributed by atoms with E-state index in [-0.39, 0.29) is 18.2 Å². The average molecular weight is 431 g/mol. The van der Waals surface area contributed by atoms with Crippen molar-refractivity contribution in [3.8, 4) is 0 Å². The van der Waals surface area contributed by atoms with Crippen LogP contribution in [0.1, 0.15) is 13.3 Å². The van der Waals surface area contributed by atoms with Gasteiger partial charge in [0.25, 0.3) is 0 Å². The molecule has 0 aromatic carbocycles. The Morgan fingerprint density at radius 1 is 1.63 bits per heavy atom. The Morgan fingerprint density at radius 3 is 3.04 bits per heavy atom. The maximum absolute atomic E-state index is 13.0. The first-order chi connectivity index (χ1) is 12.9. The van der Waals surface area contributed by atoms with Gasteiger partial charge in [0.1, 0.15) is 6.10 Å². The predicted octanol–water partition coefficient (Wildman–Crippen LogP) is 2.74. The number of aliphatic hydroxyl groups excluding tert-OH is 1. The number of esters is 1. The van der Waals surface area contributed by atoms with Crippen molar-refractivity contribution in [1.82, 2.24) is 4.90 Å². The molecule has 2 aliphatic heterocycles. The Kier molecular flexibility index (Phi) is 5.20. The van der Waals surface area contributed by atoms with E-state index >= 15 is 0 Å². The number of hydrogen-bond donors (Lipinski definition) is 1. The van der Waals surface area contributed by atoms with Crippen molar-refractivity contribution in [2.75, 3.05) is 6.61 Å². The van der Waals surface area contributed by atoms with Gasteiger partial charge in [-0.05, 0) is 47.0 Å². The Morgan fingerprint density at radius 2 is 2.37 bits per heavy atom. The number of ether oxygens (including phenoxy) is 1. The van der Waals surface area contributed by atoms with Gasteiger partial charge in [-0.2, -0.15) is 0 Å². The highest BCUT2D eigenvalue weighted by Gasteiger charge is 2.72. The van der Waals surface area contributed by atoms with Gasteiger partial charge in [-0.1, -0.05) is 19.2 Å². The Hall–Kier alpha value is -2.47. The summed E-state index contributed by atoms with van der Waals surface area (Å²) in [4.78, 5) is 31.1. The van der Waals surface area contributed by atoms with Crippen LogP contribution >= 0.6 is 15.9 Å². The highest BCUT2D eigenvalue weighted by atomic mass is 79.9. The first-order valence-electron chi connectivity index (χ1n) is 8.44. The van der Waals surface area contributed by atoms with Crippen LogP contribution in [0, 0.1) is 11.3 Å². The second-order valence-corrected chi connectivity index (χ2v) is 7.20. The van der Waals surface area contributed by atoms with Crippen molar-refractivity contribution in [2.24, 2.45) is 16.3 Å². The Balaban J connectivity index is 2.01. The van der Waals surface area contributed by atoms with Gasteiger partial charge < -0.3 is 9.84 Å². The Bertz CT molecular complexity index is 892. The molecule has 0 bridgehead atoms. The molecule has 27 heavy (non-hydrogen) atoms. The number of hydrogen-bond acceptors (Lipinski definition) is 5. The normalized spacial score (nSPS) is 26.4. The minimum atomic E-state index is -1.28. The molecule has 3 atom stereocenters. The van der Waals surface area contributed by atoms with Gasteiger partial charge in [0.2, 0.25) is 5.91 Å². The van der Waals surface area contributed by atoms with Crippen LogP contribution in [0.3, 0.4) is 0 Å². The first-order valence-corrected chi connectivity index (χ1v) is 9.24. The monoisotopic (exact) mass is 430 g/mol. The number of aliphatic imine (C=N–C) groups is 1. The third-order valence-corrected chi connectivity index (χ3v) is 5.34. The molecule has 1 aliphatic carbocycles. The highest BCUT2D eigenvalue weighted by molar-refractivity contribution is 9.12. The van der Waals surface area contributed by atoms with Crippen LogP contribution in [0.5, 0.6) is 0 Å². The summed E-state index contributed by atoms with van der Waals surface area (Å²) in [6.45, 7) is 9.19. The molecule has 1 N–H and O–H groups in total. The maximum Gasteiger partial charge on any atom is 0.322 e. The number of carbonyl (C=O) groups is 2. The van der Waals surface area contributed by atoms with Crippen LogP contribution in [-0.4, -0.2) is 40.8 Å². The number of amides is 1. The zero-order valence-electron chi connectivity index (χ0n) is 14.8. The molecule has 0 saturated heterocycles. The van der Waals surface area contributed by atoms with Crippen molar-refractivity contribution in [3.63, 3.8) is 0 Å². The van der Waals surface area contributed by atoms with Crippen LogP contribution in [0.25, 0.3) is 0 Å². The number of aliphatic hydroxyl groups is 1. The zero-order valence-corrected chi connectivity index (χ0v) is 16.4. The molecule has 6 nitrogen and oxygen atoms in total. The summed E-state index contributed by atoms with van der Waals surface area (Å²) >= 11 is 3.20. The molecular weight excluding hydrogens is 412 g/mol. The van der Waals surface area contributed by atoms with Gasteiger partial charge in [0.15, 0.2) is 5.41 Å². The zero-order chi connectivity index (χ0) is 19.8. The second-order valence-electron chi connectivity index (χ2n) is 6.34. The molecule has 0 spiro atoms. The third-order valence-electron chi connectivity index (χ3n) is 4.85. The van der Waals surface area contributed by atoms with E-state index in [1.165, 1.54) is 11.1 Å². The van der Waals surface area contributed by atoms with Gasteiger partial charge in [0, 0.05) is 18.3 Å². The van der Waals surface area contributed by atoms with Crippen LogP contribution in [0.2, 0.25) is 0 Å². The fourth-order valence-electron chi connectivity index (χ4n) is 3.46. The number of fused-ring (bicyclic) bond motifs is 2. The number of allylic oxidation sites excluding steroid dienone is 4. The molecule has 3 aliphatic rings.